The lowest BCUT2D eigenvalue weighted by Crippen LogP contribution is -2.70. The number of amides is 2. The van der Waals surface area contributed by atoms with Crippen LogP contribution in [0.3, 0.4) is 0 Å². The summed E-state index contributed by atoms with van der Waals surface area (Å²) in [5, 5.41) is 135. The van der Waals surface area contributed by atoms with Crippen molar-refractivity contribution in [1.29, 1.82) is 0 Å². The summed E-state index contributed by atoms with van der Waals surface area (Å²) in [6, 6.07) is -2.65. The number of carboxylic acid groups (broad SMARTS) is 1. The molecule has 23 nitrogen and oxygen atoms in total. The minimum atomic E-state index is -3.08. The molecule has 0 bridgehead atoms. The summed E-state index contributed by atoms with van der Waals surface area (Å²) in [5.41, 5.74) is 0. The second kappa shape index (κ2) is 37.1. The number of aliphatic carboxylic acids is 1. The average molecular weight is 1110 g/mol. The highest BCUT2D eigenvalue weighted by molar-refractivity contribution is 5.77. The Labute approximate surface area is 453 Å². The smallest absolute Gasteiger partial charge is 0.364 e. The average Bonchev–Trinajstić information content (AvgIpc) is 3.40. The maximum absolute atomic E-state index is 13.2. The van der Waals surface area contributed by atoms with Gasteiger partial charge in [0.05, 0.1) is 50.7 Å². The van der Waals surface area contributed by atoms with E-state index in [0.29, 0.717) is 12.8 Å². The Morgan fingerprint density at radius 3 is 1.83 bits per heavy atom. The largest absolute Gasteiger partial charge is 0.477 e. The second-order valence-corrected chi connectivity index (χ2v) is 20.4. The van der Waals surface area contributed by atoms with E-state index in [1.54, 1.807) is 6.08 Å². The standard InChI is InChI=1S/C54H94N2O21/c1-4-6-8-10-12-14-16-17-18-20-22-24-26-28-41(64)56-35(36(61)27-25-23-21-19-15-13-11-9-7-5-2)33-72-51-46(68)45(67)48(40(32-59)74-51)75-52-47(69)50(44(66)39(31-58)73-52)77-54(53(70)71)29-37(62)42(55-34(3)60)49(76-54)43(65)38(63)30-57/h17-18,22,24-25,27,35-40,42-52,57-59,61-63,65-69H,4-16,19-21,23,26,28-33H2,1-3H3,(H,55,60)(H,56,64)(H,70,71)/b18-17-,24-22-,27-25+. The predicted molar refractivity (Wildman–Crippen MR) is 278 cm³/mol. The van der Waals surface area contributed by atoms with Gasteiger partial charge < -0.3 is 100 Å². The van der Waals surface area contributed by atoms with Crippen LogP contribution >= 0.6 is 0 Å². The van der Waals surface area contributed by atoms with Crippen LogP contribution in [0.1, 0.15) is 149 Å². The molecule has 3 heterocycles. The van der Waals surface area contributed by atoms with Gasteiger partial charge in [0.2, 0.25) is 11.8 Å². The van der Waals surface area contributed by atoms with Crippen LogP contribution in [0.15, 0.2) is 36.5 Å². The van der Waals surface area contributed by atoms with E-state index in [2.05, 4.69) is 36.6 Å². The third-order valence-electron chi connectivity index (χ3n) is 14.1. The van der Waals surface area contributed by atoms with E-state index in [9.17, 15) is 75.7 Å². The van der Waals surface area contributed by atoms with Gasteiger partial charge in [0.15, 0.2) is 12.6 Å². The van der Waals surface area contributed by atoms with Crippen LogP contribution in [0.4, 0.5) is 0 Å². The zero-order valence-electron chi connectivity index (χ0n) is 45.3. The van der Waals surface area contributed by atoms with Crippen LogP contribution in [0, 0.1) is 0 Å². The maximum Gasteiger partial charge on any atom is 0.364 e. The molecule has 446 valence electrons. The Bertz CT molecular complexity index is 1740. The molecule has 3 aliphatic rings. The minimum absolute atomic E-state index is 0.0922. The zero-order valence-corrected chi connectivity index (χ0v) is 45.3. The molecule has 0 aromatic rings. The van der Waals surface area contributed by atoms with Gasteiger partial charge in [-0.25, -0.2) is 4.79 Å². The summed E-state index contributed by atoms with van der Waals surface area (Å²) in [5.74, 6) is -6.23. The Morgan fingerprint density at radius 2 is 1.26 bits per heavy atom. The molecule has 18 unspecified atom stereocenters. The summed E-state index contributed by atoms with van der Waals surface area (Å²) >= 11 is 0. The Kier molecular flexibility index (Phi) is 32.8. The van der Waals surface area contributed by atoms with Gasteiger partial charge >= 0.3 is 5.97 Å². The van der Waals surface area contributed by atoms with Crippen molar-refractivity contribution in [2.75, 3.05) is 26.4 Å². The quantitative estimate of drug-likeness (QED) is 0.0300. The van der Waals surface area contributed by atoms with Gasteiger partial charge in [-0.15, -0.1) is 0 Å². The molecular weight excluding hydrogens is 1010 g/mol. The van der Waals surface area contributed by atoms with Crippen molar-refractivity contribution >= 4 is 17.8 Å². The highest BCUT2D eigenvalue weighted by Crippen LogP contribution is 2.38. The molecule has 23 heteroatoms. The molecule has 3 saturated heterocycles. The van der Waals surface area contributed by atoms with E-state index >= 15 is 0 Å². The van der Waals surface area contributed by atoms with Crippen molar-refractivity contribution in [3.05, 3.63) is 36.5 Å². The first kappa shape index (κ1) is 68.2. The van der Waals surface area contributed by atoms with Gasteiger partial charge in [-0.3, -0.25) is 9.59 Å². The molecule has 0 aliphatic carbocycles. The summed E-state index contributed by atoms with van der Waals surface area (Å²) in [7, 11) is 0. The fourth-order valence-corrected chi connectivity index (χ4v) is 9.52. The molecule has 0 aromatic carbocycles. The van der Waals surface area contributed by atoms with Crippen LogP contribution < -0.4 is 10.6 Å². The van der Waals surface area contributed by atoms with E-state index in [-0.39, 0.29) is 6.42 Å². The minimum Gasteiger partial charge on any atom is -0.477 e. The first-order valence-electron chi connectivity index (χ1n) is 27.9. The molecule has 0 spiro atoms. The number of carboxylic acids is 1. The fraction of sp³-hybridized carbons (Fsp3) is 0.833. The number of carbonyl (C=O) groups excluding carboxylic acids is 2. The summed E-state index contributed by atoms with van der Waals surface area (Å²) in [6.07, 6.45) is 1.26. The van der Waals surface area contributed by atoms with Gasteiger partial charge in [-0.05, 0) is 38.5 Å². The number of allylic oxidation sites excluding steroid dienone is 5. The number of unbranched alkanes of at least 4 members (excludes halogenated alkanes) is 14. The lowest BCUT2D eigenvalue weighted by Gasteiger charge is -2.50. The van der Waals surface area contributed by atoms with Crippen LogP contribution in [0.2, 0.25) is 0 Å². The van der Waals surface area contributed by atoms with E-state index in [0.717, 1.165) is 51.9 Å². The number of nitrogens with one attached hydrogen (secondary N) is 2. The number of hydrogen-bond acceptors (Lipinski definition) is 20. The fourth-order valence-electron chi connectivity index (χ4n) is 9.52. The van der Waals surface area contributed by atoms with Crippen LogP contribution in [-0.4, -0.2) is 215 Å². The number of aliphatic hydroxyl groups excluding tert-OH is 11. The number of carbonyl (C=O) groups is 3. The number of rotatable bonds is 38. The number of hydrogen-bond donors (Lipinski definition) is 14. The van der Waals surface area contributed by atoms with Crippen molar-refractivity contribution in [2.45, 2.75) is 259 Å². The van der Waals surface area contributed by atoms with Gasteiger partial charge in [0, 0.05) is 19.8 Å². The van der Waals surface area contributed by atoms with Crippen LogP contribution in [0.5, 0.6) is 0 Å². The summed E-state index contributed by atoms with van der Waals surface area (Å²) < 4.78 is 34.5. The van der Waals surface area contributed by atoms with Crippen molar-refractivity contribution in [2.24, 2.45) is 0 Å². The first-order valence-corrected chi connectivity index (χ1v) is 27.9. The van der Waals surface area contributed by atoms with Crippen LogP contribution in [0.25, 0.3) is 0 Å². The molecule has 0 saturated carbocycles. The zero-order chi connectivity index (χ0) is 56.9. The van der Waals surface area contributed by atoms with Crippen molar-refractivity contribution < 1.29 is 104 Å². The lowest BCUT2D eigenvalue weighted by atomic mass is 9.88. The molecular formula is C54H94N2O21. The predicted octanol–water partition coefficient (Wildman–Crippen LogP) is 0.767. The Morgan fingerprint density at radius 1 is 0.688 bits per heavy atom. The molecule has 18 atom stereocenters. The van der Waals surface area contributed by atoms with Gasteiger partial charge in [-0.1, -0.05) is 127 Å². The number of aliphatic hydroxyl groups is 11. The molecule has 3 aliphatic heterocycles. The van der Waals surface area contributed by atoms with Crippen LogP contribution in [-0.2, 0) is 42.8 Å². The van der Waals surface area contributed by atoms with Gasteiger partial charge in [-0.2, -0.15) is 0 Å². The SMILES string of the molecule is CCCCCCCC/C=C\C/C=C\CCC(=O)NC(COC1OC(CO)C(OC2OC(CO)C(O)C(OC3(C(=O)O)CC(O)C(NC(C)=O)C(C(O)C(O)CO)O3)C2O)C(O)C1O)C(O)/C=C/CCCCCCCCCC. The Balaban J connectivity index is 1.73. The van der Waals surface area contributed by atoms with Gasteiger partial charge in [0.1, 0.15) is 67.1 Å². The molecule has 14 N–H and O–H groups in total. The molecule has 0 radical (unpaired) electrons. The lowest BCUT2D eigenvalue weighted by molar-refractivity contribution is -0.386. The van der Waals surface area contributed by atoms with Gasteiger partial charge in [0.25, 0.3) is 5.79 Å². The molecule has 77 heavy (non-hydrogen) atoms. The molecule has 2 amide bonds. The maximum atomic E-state index is 13.2. The second-order valence-electron chi connectivity index (χ2n) is 20.4. The molecule has 3 rings (SSSR count). The molecule has 3 fully saturated rings. The van der Waals surface area contributed by atoms with Crippen molar-refractivity contribution in [3.8, 4) is 0 Å². The third kappa shape index (κ3) is 22.4. The van der Waals surface area contributed by atoms with E-state index in [1.165, 1.54) is 57.8 Å². The first-order chi connectivity index (χ1) is 36.9. The van der Waals surface area contributed by atoms with Crippen molar-refractivity contribution in [3.63, 3.8) is 0 Å². The van der Waals surface area contributed by atoms with E-state index < -0.39 is 160 Å². The monoisotopic (exact) mass is 1110 g/mol. The topological polar surface area (TPSA) is 373 Å². The Hall–Kier alpha value is -3.05. The summed E-state index contributed by atoms with van der Waals surface area (Å²) in [4.78, 5) is 38.2. The summed E-state index contributed by atoms with van der Waals surface area (Å²) in [6.45, 7) is 1.98. The highest BCUT2D eigenvalue weighted by atomic mass is 16.8. The normalized spacial score (nSPS) is 31.6. The third-order valence-corrected chi connectivity index (χ3v) is 14.1. The van der Waals surface area contributed by atoms with E-state index in [4.69, 9.17) is 28.4 Å². The number of ether oxygens (including phenoxy) is 6. The van der Waals surface area contributed by atoms with E-state index in [1.807, 2.05) is 18.2 Å². The highest BCUT2D eigenvalue weighted by Gasteiger charge is 2.60. The van der Waals surface area contributed by atoms with Crippen molar-refractivity contribution in [1.82, 2.24) is 10.6 Å². The molecule has 0 aromatic heterocycles.